The minimum Gasteiger partial charge on any atom is -0.384 e. The summed E-state index contributed by atoms with van der Waals surface area (Å²) in [6.07, 6.45) is 5.15. The lowest BCUT2D eigenvalue weighted by atomic mass is 10.2. The van der Waals surface area contributed by atoms with E-state index in [1.54, 1.807) is 6.07 Å². The van der Waals surface area contributed by atoms with Crippen molar-refractivity contribution in [3.63, 3.8) is 0 Å². The average molecular weight is 254 g/mol. The van der Waals surface area contributed by atoms with Gasteiger partial charge in [-0.3, -0.25) is 0 Å². The van der Waals surface area contributed by atoms with Gasteiger partial charge in [0.1, 0.15) is 17.5 Å². The Hall–Kier alpha value is -0.970. The molecule has 0 aliphatic carbocycles. The van der Waals surface area contributed by atoms with E-state index in [4.69, 9.17) is 5.73 Å². The average Bonchev–Trinajstić information content (AvgIpc) is 2.26. The summed E-state index contributed by atoms with van der Waals surface area (Å²) in [6.45, 7) is 4.27. The molecule has 0 aliphatic rings. The van der Waals surface area contributed by atoms with Crippen LogP contribution in [-0.2, 0) is 6.42 Å². The van der Waals surface area contributed by atoms with Crippen LogP contribution < -0.4 is 11.1 Å². The predicted octanol–water partition coefficient (Wildman–Crippen LogP) is 2.56. The minimum absolute atomic E-state index is 0.409. The quantitative estimate of drug-likeness (QED) is 0.783. The van der Waals surface area contributed by atoms with E-state index in [0.29, 0.717) is 11.9 Å². The zero-order chi connectivity index (χ0) is 12.7. The number of aromatic nitrogens is 2. The van der Waals surface area contributed by atoms with Gasteiger partial charge in [-0.15, -0.1) is 0 Å². The number of anilines is 2. The van der Waals surface area contributed by atoms with Crippen molar-refractivity contribution in [2.45, 2.75) is 39.2 Å². The highest BCUT2D eigenvalue weighted by atomic mass is 32.2. The normalized spacial score (nSPS) is 12.4. The summed E-state index contributed by atoms with van der Waals surface area (Å²) in [7, 11) is 0. The summed E-state index contributed by atoms with van der Waals surface area (Å²) < 4.78 is 0. The Morgan fingerprint density at radius 1 is 1.47 bits per heavy atom. The molecular weight excluding hydrogens is 232 g/mol. The number of hydrogen-bond acceptors (Lipinski definition) is 5. The van der Waals surface area contributed by atoms with Crippen molar-refractivity contribution in [3.05, 3.63) is 11.9 Å². The van der Waals surface area contributed by atoms with E-state index in [1.807, 2.05) is 11.8 Å². The van der Waals surface area contributed by atoms with Crippen LogP contribution in [0, 0.1) is 0 Å². The van der Waals surface area contributed by atoms with E-state index in [-0.39, 0.29) is 0 Å². The number of nitrogens with one attached hydrogen (secondary N) is 1. The van der Waals surface area contributed by atoms with Crippen LogP contribution in [0.2, 0.25) is 0 Å². The molecule has 0 fully saturated rings. The number of nitrogen functional groups attached to an aromatic ring is 1. The van der Waals surface area contributed by atoms with Gasteiger partial charge in [-0.05, 0) is 31.8 Å². The fourth-order valence-electron chi connectivity index (χ4n) is 1.55. The van der Waals surface area contributed by atoms with E-state index < -0.39 is 0 Å². The monoisotopic (exact) mass is 254 g/mol. The van der Waals surface area contributed by atoms with Gasteiger partial charge in [-0.1, -0.05) is 6.92 Å². The van der Waals surface area contributed by atoms with Crippen molar-refractivity contribution in [2.75, 3.05) is 23.1 Å². The lowest BCUT2D eigenvalue weighted by Gasteiger charge is -2.14. The number of nitrogens with zero attached hydrogens (tertiary/aromatic N) is 2. The first-order valence-corrected chi connectivity index (χ1v) is 7.44. The molecule has 0 saturated carbocycles. The number of hydrogen-bond donors (Lipinski definition) is 2. The Morgan fingerprint density at radius 2 is 2.24 bits per heavy atom. The molecule has 0 bridgehead atoms. The molecule has 1 aromatic rings. The topological polar surface area (TPSA) is 63.8 Å². The van der Waals surface area contributed by atoms with Gasteiger partial charge in [0.25, 0.3) is 0 Å². The van der Waals surface area contributed by atoms with E-state index >= 15 is 0 Å². The smallest absolute Gasteiger partial charge is 0.133 e. The van der Waals surface area contributed by atoms with Crippen LogP contribution in [0.3, 0.4) is 0 Å². The molecule has 5 heteroatoms. The fraction of sp³-hybridized carbons (Fsp3) is 0.667. The van der Waals surface area contributed by atoms with Gasteiger partial charge in [0, 0.05) is 18.5 Å². The zero-order valence-electron chi connectivity index (χ0n) is 10.9. The van der Waals surface area contributed by atoms with Gasteiger partial charge in [-0.2, -0.15) is 11.8 Å². The number of aryl methyl sites for hydroxylation is 1. The Balaban J connectivity index is 2.63. The van der Waals surface area contributed by atoms with Crippen molar-refractivity contribution in [1.29, 1.82) is 0 Å². The standard InChI is InChI=1S/C12H22N4S/c1-4-5-11-15-10(13)8-12(16-11)14-9(2)6-7-17-3/h8-9H,4-7H2,1-3H3,(H3,13,14,15,16). The summed E-state index contributed by atoms with van der Waals surface area (Å²) in [6, 6.07) is 2.21. The number of rotatable bonds is 7. The lowest BCUT2D eigenvalue weighted by molar-refractivity contribution is 0.759. The second kappa shape index (κ2) is 7.37. The van der Waals surface area contributed by atoms with Crippen molar-refractivity contribution in [2.24, 2.45) is 0 Å². The molecular formula is C12H22N4S. The molecule has 96 valence electrons. The molecule has 1 heterocycles. The van der Waals surface area contributed by atoms with E-state index in [9.17, 15) is 0 Å². The SMILES string of the molecule is CCCc1nc(N)cc(NC(C)CCSC)n1. The Labute approximate surface area is 108 Å². The summed E-state index contributed by atoms with van der Waals surface area (Å²) in [4.78, 5) is 8.68. The molecule has 17 heavy (non-hydrogen) atoms. The molecule has 3 N–H and O–H groups in total. The van der Waals surface area contributed by atoms with Gasteiger partial charge < -0.3 is 11.1 Å². The minimum atomic E-state index is 0.409. The molecule has 0 radical (unpaired) electrons. The molecule has 0 aliphatic heterocycles. The van der Waals surface area contributed by atoms with Crippen LogP contribution in [0.1, 0.15) is 32.5 Å². The molecule has 0 amide bonds. The summed E-state index contributed by atoms with van der Waals surface area (Å²) in [5, 5.41) is 3.37. The van der Waals surface area contributed by atoms with Crippen molar-refractivity contribution < 1.29 is 0 Å². The maximum Gasteiger partial charge on any atom is 0.133 e. The highest BCUT2D eigenvalue weighted by Crippen LogP contribution is 2.12. The van der Waals surface area contributed by atoms with Crippen LogP contribution in [0.5, 0.6) is 0 Å². The molecule has 4 nitrogen and oxygen atoms in total. The maximum atomic E-state index is 5.77. The van der Waals surface area contributed by atoms with E-state index in [0.717, 1.165) is 36.7 Å². The van der Waals surface area contributed by atoms with Gasteiger partial charge in [0.05, 0.1) is 0 Å². The largest absolute Gasteiger partial charge is 0.384 e. The zero-order valence-corrected chi connectivity index (χ0v) is 11.7. The number of thioether (sulfide) groups is 1. The summed E-state index contributed by atoms with van der Waals surface area (Å²) in [5.74, 6) is 3.36. The Morgan fingerprint density at radius 3 is 2.88 bits per heavy atom. The second-order valence-electron chi connectivity index (χ2n) is 4.17. The van der Waals surface area contributed by atoms with Gasteiger partial charge in [-0.25, -0.2) is 9.97 Å². The Kier molecular flexibility index (Phi) is 6.11. The highest BCUT2D eigenvalue weighted by molar-refractivity contribution is 7.98. The molecule has 0 saturated heterocycles. The molecule has 0 spiro atoms. The van der Waals surface area contributed by atoms with E-state index in [1.165, 1.54) is 0 Å². The van der Waals surface area contributed by atoms with Gasteiger partial charge >= 0.3 is 0 Å². The first-order valence-electron chi connectivity index (χ1n) is 6.04. The number of nitrogens with two attached hydrogens (primary N) is 1. The highest BCUT2D eigenvalue weighted by Gasteiger charge is 2.05. The first-order chi connectivity index (χ1) is 8.15. The molecule has 0 aromatic carbocycles. The summed E-state index contributed by atoms with van der Waals surface area (Å²) >= 11 is 1.86. The molecule has 1 unspecified atom stereocenters. The maximum absolute atomic E-state index is 5.77. The van der Waals surface area contributed by atoms with Crippen LogP contribution in [-0.4, -0.2) is 28.0 Å². The van der Waals surface area contributed by atoms with Crippen LogP contribution >= 0.6 is 11.8 Å². The van der Waals surface area contributed by atoms with Crippen LogP contribution in [0.15, 0.2) is 6.07 Å². The molecule has 1 aromatic heterocycles. The fourth-order valence-corrected chi connectivity index (χ4v) is 2.14. The third-order valence-corrected chi connectivity index (χ3v) is 3.06. The van der Waals surface area contributed by atoms with Crippen molar-refractivity contribution >= 4 is 23.4 Å². The molecule has 1 atom stereocenters. The van der Waals surface area contributed by atoms with Crippen molar-refractivity contribution in [3.8, 4) is 0 Å². The van der Waals surface area contributed by atoms with Crippen LogP contribution in [0.4, 0.5) is 11.6 Å². The van der Waals surface area contributed by atoms with E-state index in [2.05, 4.69) is 35.4 Å². The third kappa shape index (κ3) is 5.26. The van der Waals surface area contributed by atoms with Gasteiger partial charge in [0.15, 0.2) is 0 Å². The lowest BCUT2D eigenvalue weighted by Crippen LogP contribution is -2.17. The van der Waals surface area contributed by atoms with Crippen molar-refractivity contribution in [1.82, 2.24) is 9.97 Å². The van der Waals surface area contributed by atoms with Crippen LogP contribution in [0.25, 0.3) is 0 Å². The Bertz CT molecular complexity index is 343. The second-order valence-corrected chi connectivity index (χ2v) is 5.16. The summed E-state index contributed by atoms with van der Waals surface area (Å²) in [5.41, 5.74) is 5.77. The first kappa shape index (κ1) is 14.1. The molecule has 1 rings (SSSR count). The predicted molar refractivity (Wildman–Crippen MR) is 76.5 cm³/mol. The third-order valence-electron chi connectivity index (χ3n) is 2.42. The van der Waals surface area contributed by atoms with Gasteiger partial charge in [0.2, 0.25) is 0 Å².